The van der Waals surface area contributed by atoms with Crippen LogP contribution in [0.3, 0.4) is 0 Å². The third-order valence-corrected chi connectivity index (χ3v) is 7.86. The van der Waals surface area contributed by atoms with Crippen LogP contribution in [-0.4, -0.2) is 30.8 Å². The van der Waals surface area contributed by atoms with Crippen molar-refractivity contribution in [2.24, 2.45) is 0 Å². The van der Waals surface area contributed by atoms with Crippen LogP contribution in [0, 0.1) is 0 Å². The fraction of sp³-hybridized carbons (Fsp3) is 0.436. The molecule has 1 atom stereocenters. The summed E-state index contributed by atoms with van der Waals surface area (Å²) in [7, 11) is 0. The molecular formula is C39H47F3O5. The Bertz CT molecular complexity index is 1350. The largest absolute Gasteiger partial charge is 0.494 e. The van der Waals surface area contributed by atoms with Crippen molar-refractivity contribution >= 4 is 11.9 Å². The van der Waals surface area contributed by atoms with Gasteiger partial charge in [0.2, 0.25) is 0 Å². The minimum atomic E-state index is -4.67. The molecule has 5 nitrogen and oxygen atoms in total. The van der Waals surface area contributed by atoms with Gasteiger partial charge in [-0.15, -0.1) is 6.58 Å². The van der Waals surface area contributed by atoms with Gasteiger partial charge < -0.3 is 14.2 Å². The molecule has 3 aromatic rings. The molecule has 0 radical (unpaired) electrons. The zero-order chi connectivity index (χ0) is 33.9. The number of carbonyl (C=O) groups excluding carboxylic acids is 2. The number of esters is 2. The zero-order valence-corrected chi connectivity index (χ0v) is 27.4. The van der Waals surface area contributed by atoms with E-state index in [1.165, 1.54) is 69.2 Å². The number of benzene rings is 3. The summed E-state index contributed by atoms with van der Waals surface area (Å²) in [5, 5.41) is 0. The number of rotatable bonds is 21. The lowest BCUT2D eigenvalue weighted by atomic mass is 10.1. The highest BCUT2D eigenvalue weighted by Gasteiger charge is 2.42. The second-order valence-corrected chi connectivity index (χ2v) is 11.7. The normalized spacial score (nSPS) is 11.9. The molecule has 0 fully saturated rings. The Morgan fingerprint density at radius 3 is 1.74 bits per heavy atom. The average Bonchev–Trinajstić information content (AvgIpc) is 3.07. The Kier molecular flexibility index (Phi) is 16.1. The third kappa shape index (κ3) is 13.7. The summed E-state index contributed by atoms with van der Waals surface area (Å²) in [6.07, 6.45) is 6.90. The summed E-state index contributed by atoms with van der Waals surface area (Å²) >= 11 is 0. The van der Waals surface area contributed by atoms with Gasteiger partial charge >= 0.3 is 18.1 Å². The van der Waals surface area contributed by atoms with Crippen LogP contribution in [0.2, 0.25) is 0 Å². The zero-order valence-electron chi connectivity index (χ0n) is 27.4. The number of unbranched alkanes of at least 4 members (excludes halogenated alkanes) is 10. The lowest BCUT2D eigenvalue weighted by Crippen LogP contribution is -2.33. The minimum Gasteiger partial charge on any atom is -0.494 e. The molecule has 0 bridgehead atoms. The van der Waals surface area contributed by atoms with E-state index >= 15 is 0 Å². The maximum absolute atomic E-state index is 13.4. The SMILES string of the molecule is C=CCCCCC[C@@H](OC(=O)c1ccc(C(=O)Oc2ccc(-c3ccc(OCCCCCCCCCC)cc3)cc2)cc1)C(F)(F)F. The van der Waals surface area contributed by atoms with Gasteiger partial charge in [-0.1, -0.05) is 88.6 Å². The molecule has 0 amide bonds. The molecule has 8 heteroatoms. The molecule has 0 spiro atoms. The summed E-state index contributed by atoms with van der Waals surface area (Å²) in [6.45, 7) is 6.53. The molecule has 0 aliphatic heterocycles. The quantitative estimate of drug-likeness (QED) is 0.0496. The van der Waals surface area contributed by atoms with E-state index in [1.54, 1.807) is 18.2 Å². The highest BCUT2D eigenvalue weighted by molar-refractivity contribution is 5.94. The van der Waals surface area contributed by atoms with Crippen molar-refractivity contribution < 1.29 is 37.0 Å². The van der Waals surface area contributed by atoms with Crippen molar-refractivity contribution in [1.82, 2.24) is 0 Å². The average molecular weight is 653 g/mol. The van der Waals surface area contributed by atoms with E-state index in [4.69, 9.17) is 14.2 Å². The molecule has 0 saturated carbocycles. The van der Waals surface area contributed by atoms with Crippen LogP contribution in [0.5, 0.6) is 11.5 Å². The first-order valence-electron chi connectivity index (χ1n) is 16.8. The van der Waals surface area contributed by atoms with Crippen LogP contribution in [0.25, 0.3) is 11.1 Å². The van der Waals surface area contributed by atoms with Crippen LogP contribution in [-0.2, 0) is 4.74 Å². The summed E-state index contributed by atoms with van der Waals surface area (Å²) < 4.78 is 56.4. The van der Waals surface area contributed by atoms with E-state index < -0.39 is 24.2 Å². The number of allylic oxidation sites excluding steroid dienone is 1. The van der Waals surface area contributed by atoms with E-state index in [-0.39, 0.29) is 24.0 Å². The molecule has 0 N–H and O–H groups in total. The Hall–Kier alpha value is -4.07. The van der Waals surface area contributed by atoms with Crippen LogP contribution < -0.4 is 9.47 Å². The first kappa shape index (κ1) is 37.4. The van der Waals surface area contributed by atoms with Gasteiger partial charge in [0.15, 0.2) is 6.10 Å². The smallest absolute Gasteiger partial charge is 0.425 e. The van der Waals surface area contributed by atoms with Gasteiger partial charge in [-0.3, -0.25) is 0 Å². The van der Waals surface area contributed by atoms with E-state index in [0.29, 0.717) is 18.8 Å². The molecule has 0 aliphatic carbocycles. The number of alkyl halides is 3. The molecular weight excluding hydrogens is 605 g/mol. The van der Waals surface area contributed by atoms with Crippen molar-refractivity contribution in [2.45, 2.75) is 103 Å². The topological polar surface area (TPSA) is 61.8 Å². The van der Waals surface area contributed by atoms with E-state index in [0.717, 1.165) is 36.1 Å². The van der Waals surface area contributed by atoms with Gasteiger partial charge in [-0.25, -0.2) is 9.59 Å². The van der Waals surface area contributed by atoms with Gasteiger partial charge in [0.05, 0.1) is 17.7 Å². The second kappa shape index (κ2) is 20.2. The predicted molar refractivity (Wildman–Crippen MR) is 180 cm³/mol. The second-order valence-electron chi connectivity index (χ2n) is 11.7. The molecule has 254 valence electrons. The molecule has 0 aromatic heterocycles. The summed E-state index contributed by atoms with van der Waals surface area (Å²) in [4.78, 5) is 25.1. The highest BCUT2D eigenvalue weighted by Crippen LogP contribution is 2.29. The van der Waals surface area contributed by atoms with Crippen molar-refractivity contribution in [1.29, 1.82) is 0 Å². The fourth-order valence-electron chi connectivity index (χ4n) is 5.08. The highest BCUT2D eigenvalue weighted by atomic mass is 19.4. The summed E-state index contributed by atoms with van der Waals surface area (Å²) in [5.41, 5.74) is 1.99. The molecule has 0 heterocycles. The van der Waals surface area contributed by atoms with Crippen LogP contribution >= 0.6 is 0 Å². The van der Waals surface area contributed by atoms with E-state index in [9.17, 15) is 22.8 Å². The van der Waals surface area contributed by atoms with Crippen LogP contribution in [0.15, 0.2) is 85.5 Å². The number of halogens is 3. The van der Waals surface area contributed by atoms with Gasteiger partial charge in [-0.2, -0.15) is 13.2 Å². The van der Waals surface area contributed by atoms with Crippen molar-refractivity contribution in [3.63, 3.8) is 0 Å². The maximum Gasteiger partial charge on any atom is 0.425 e. The predicted octanol–water partition coefficient (Wildman–Crippen LogP) is 11.3. The van der Waals surface area contributed by atoms with Gasteiger partial charge in [0, 0.05) is 0 Å². The molecule has 3 rings (SSSR count). The third-order valence-electron chi connectivity index (χ3n) is 7.86. The summed E-state index contributed by atoms with van der Waals surface area (Å²) in [6, 6.07) is 20.1. The monoisotopic (exact) mass is 652 g/mol. The minimum absolute atomic E-state index is 0.0867. The molecule has 0 aliphatic rings. The van der Waals surface area contributed by atoms with E-state index in [1.807, 2.05) is 36.4 Å². The first-order chi connectivity index (χ1) is 22.7. The molecule has 0 saturated heterocycles. The number of ether oxygens (including phenoxy) is 3. The van der Waals surface area contributed by atoms with Crippen molar-refractivity contribution in [3.8, 4) is 22.6 Å². The Morgan fingerprint density at radius 1 is 0.681 bits per heavy atom. The van der Waals surface area contributed by atoms with E-state index in [2.05, 4.69) is 13.5 Å². The number of hydrogen-bond acceptors (Lipinski definition) is 5. The Morgan fingerprint density at radius 2 is 1.19 bits per heavy atom. The van der Waals surface area contributed by atoms with Gasteiger partial charge in [0.1, 0.15) is 11.5 Å². The van der Waals surface area contributed by atoms with Crippen molar-refractivity contribution in [2.75, 3.05) is 6.61 Å². The van der Waals surface area contributed by atoms with Gasteiger partial charge in [-0.05, 0) is 91.8 Å². The molecule has 3 aromatic carbocycles. The van der Waals surface area contributed by atoms with Gasteiger partial charge in [0.25, 0.3) is 0 Å². The lowest BCUT2D eigenvalue weighted by molar-refractivity contribution is -0.206. The van der Waals surface area contributed by atoms with Crippen LogP contribution in [0.4, 0.5) is 13.2 Å². The van der Waals surface area contributed by atoms with Crippen LogP contribution in [0.1, 0.15) is 111 Å². The Labute approximate surface area is 277 Å². The fourth-order valence-corrected chi connectivity index (χ4v) is 5.08. The molecule has 0 unspecified atom stereocenters. The standard InChI is InChI=1S/C39H47F3O5/c1-3-5-7-9-10-11-13-15-29-45-34-25-21-30(22-26-34)31-23-27-35(28-24-31)46-37(43)32-17-19-33(20-18-32)38(44)47-36(39(40,41)42)16-14-12-8-6-4-2/h4,17-28,36H,2-3,5-16,29H2,1H3/t36-/m1/s1. The lowest BCUT2D eigenvalue weighted by Gasteiger charge is -2.20. The Balaban J connectivity index is 1.45. The maximum atomic E-state index is 13.4. The first-order valence-corrected chi connectivity index (χ1v) is 16.8. The summed E-state index contributed by atoms with van der Waals surface area (Å²) in [5.74, 6) is -0.606. The molecule has 47 heavy (non-hydrogen) atoms. The number of hydrogen-bond donors (Lipinski definition) is 0. The number of carbonyl (C=O) groups is 2. The van der Waals surface area contributed by atoms with Crippen molar-refractivity contribution in [3.05, 3.63) is 96.6 Å².